The van der Waals surface area contributed by atoms with Crippen molar-refractivity contribution in [2.75, 3.05) is 5.32 Å². The third-order valence-electron chi connectivity index (χ3n) is 4.33. The number of aromatic amines is 1. The van der Waals surface area contributed by atoms with Gasteiger partial charge >= 0.3 is 0 Å². The molecule has 0 saturated heterocycles. The number of aryl methyl sites for hydroxylation is 1. The molecule has 0 bridgehead atoms. The number of hydrogen-bond donors (Lipinski definition) is 2. The van der Waals surface area contributed by atoms with E-state index in [4.69, 9.17) is 0 Å². The minimum atomic E-state index is -0.0989. The first-order valence-corrected chi connectivity index (χ1v) is 7.43. The molecule has 2 heterocycles. The number of nitrogens with zero attached hydrogens (tertiary/aromatic N) is 2. The molecule has 0 saturated carbocycles. The van der Waals surface area contributed by atoms with Gasteiger partial charge in [0.1, 0.15) is 0 Å². The Morgan fingerprint density at radius 2 is 2.04 bits per heavy atom. The second-order valence-electron chi connectivity index (χ2n) is 5.66. The van der Waals surface area contributed by atoms with Crippen molar-refractivity contribution < 1.29 is 4.79 Å². The SMILES string of the molecule is Cc1c(C(=O)Nc2ccc3cn[nH]c3c2)c2ccccc2n1C. The third-order valence-corrected chi connectivity index (χ3v) is 4.33. The van der Waals surface area contributed by atoms with E-state index >= 15 is 0 Å². The minimum absolute atomic E-state index is 0.0989. The number of hydrogen-bond acceptors (Lipinski definition) is 2. The molecule has 4 rings (SSSR count). The Morgan fingerprint density at radius 1 is 1.22 bits per heavy atom. The summed E-state index contributed by atoms with van der Waals surface area (Å²) in [6, 6.07) is 13.7. The molecular weight excluding hydrogens is 288 g/mol. The first-order valence-electron chi connectivity index (χ1n) is 7.43. The van der Waals surface area contributed by atoms with Gasteiger partial charge < -0.3 is 9.88 Å². The van der Waals surface area contributed by atoms with E-state index in [1.165, 1.54) is 0 Å². The van der Waals surface area contributed by atoms with Crippen LogP contribution in [0.15, 0.2) is 48.7 Å². The van der Waals surface area contributed by atoms with Crippen LogP contribution in [0.5, 0.6) is 0 Å². The molecule has 2 N–H and O–H groups in total. The standard InChI is InChI=1S/C18H16N4O/c1-11-17(14-5-3-4-6-16(14)22(11)2)18(23)20-13-8-7-12-10-19-21-15(12)9-13/h3-10H,1-2H3,(H,19,21)(H,20,23). The van der Waals surface area contributed by atoms with Crippen molar-refractivity contribution in [1.82, 2.24) is 14.8 Å². The quantitative estimate of drug-likeness (QED) is 0.594. The van der Waals surface area contributed by atoms with E-state index in [0.717, 1.165) is 33.2 Å². The maximum absolute atomic E-state index is 12.8. The number of para-hydroxylation sites is 1. The molecule has 23 heavy (non-hydrogen) atoms. The summed E-state index contributed by atoms with van der Waals surface area (Å²) in [5.41, 5.74) is 4.37. The summed E-state index contributed by atoms with van der Waals surface area (Å²) in [6.07, 6.45) is 1.76. The van der Waals surface area contributed by atoms with Crippen LogP contribution in [-0.2, 0) is 7.05 Å². The van der Waals surface area contributed by atoms with Gasteiger partial charge in [0.25, 0.3) is 5.91 Å². The predicted octanol–water partition coefficient (Wildman–Crippen LogP) is 3.62. The number of fused-ring (bicyclic) bond motifs is 2. The van der Waals surface area contributed by atoms with Crippen LogP contribution >= 0.6 is 0 Å². The van der Waals surface area contributed by atoms with Gasteiger partial charge in [0, 0.05) is 34.7 Å². The number of H-pyrrole nitrogens is 1. The second-order valence-corrected chi connectivity index (χ2v) is 5.66. The van der Waals surface area contributed by atoms with Crippen LogP contribution in [0.25, 0.3) is 21.8 Å². The molecule has 1 amide bonds. The zero-order chi connectivity index (χ0) is 16.0. The highest BCUT2D eigenvalue weighted by Gasteiger charge is 2.18. The van der Waals surface area contributed by atoms with Crippen molar-refractivity contribution in [2.24, 2.45) is 7.05 Å². The summed E-state index contributed by atoms with van der Waals surface area (Å²) in [5.74, 6) is -0.0989. The van der Waals surface area contributed by atoms with Gasteiger partial charge in [-0.1, -0.05) is 18.2 Å². The molecule has 4 aromatic rings. The number of aromatic nitrogens is 3. The monoisotopic (exact) mass is 304 g/mol. The summed E-state index contributed by atoms with van der Waals surface area (Å²) in [6.45, 7) is 1.97. The van der Waals surface area contributed by atoms with Crippen molar-refractivity contribution in [3.63, 3.8) is 0 Å². The lowest BCUT2D eigenvalue weighted by Crippen LogP contribution is -2.13. The van der Waals surface area contributed by atoms with E-state index in [1.54, 1.807) is 6.20 Å². The molecule has 0 aliphatic carbocycles. The summed E-state index contributed by atoms with van der Waals surface area (Å²) >= 11 is 0. The molecule has 5 nitrogen and oxygen atoms in total. The van der Waals surface area contributed by atoms with Crippen molar-refractivity contribution in [3.8, 4) is 0 Å². The maximum Gasteiger partial charge on any atom is 0.258 e. The molecule has 0 unspecified atom stereocenters. The Labute approximate surface area is 132 Å². The van der Waals surface area contributed by atoms with E-state index in [-0.39, 0.29) is 5.91 Å². The number of benzene rings is 2. The highest BCUT2D eigenvalue weighted by atomic mass is 16.1. The number of amides is 1. The van der Waals surface area contributed by atoms with Crippen molar-refractivity contribution >= 4 is 33.4 Å². The Bertz CT molecular complexity index is 1040. The van der Waals surface area contributed by atoms with Crippen molar-refractivity contribution in [1.29, 1.82) is 0 Å². The molecule has 0 fully saturated rings. The van der Waals surface area contributed by atoms with Crippen LogP contribution in [0.1, 0.15) is 16.1 Å². The summed E-state index contributed by atoms with van der Waals surface area (Å²) in [5, 5.41) is 11.9. The molecule has 5 heteroatoms. The van der Waals surface area contributed by atoms with Crippen molar-refractivity contribution in [3.05, 3.63) is 59.9 Å². The number of anilines is 1. The fraction of sp³-hybridized carbons (Fsp3) is 0.111. The van der Waals surface area contributed by atoms with Gasteiger partial charge in [-0.25, -0.2) is 0 Å². The lowest BCUT2D eigenvalue weighted by molar-refractivity contribution is 0.102. The molecule has 0 atom stereocenters. The van der Waals surface area contributed by atoms with Gasteiger partial charge in [0.15, 0.2) is 0 Å². The van der Waals surface area contributed by atoms with Gasteiger partial charge in [0.05, 0.1) is 17.3 Å². The number of carbonyl (C=O) groups is 1. The minimum Gasteiger partial charge on any atom is -0.347 e. The number of rotatable bonds is 2. The largest absolute Gasteiger partial charge is 0.347 e. The average Bonchev–Trinajstić information content (AvgIpc) is 3.11. The Kier molecular flexibility index (Phi) is 2.94. The van der Waals surface area contributed by atoms with E-state index in [1.807, 2.05) is 61.0 Å². The zero-order valence-electron chi connectivity index (χ0n) is 12.9. The van der Waals surface area contributed by atoms with Crippen LogP contribution in [0.2, 0.25) is 0 Å². The molecule has 0 radical (unpaired) electrons. The summed E-state index contributed by atoms with van der Waals surface area (Å²) in [7, 11) is 1.98. The van der Waals surface area contributed by atoms with Crippen LogP contribution < -0.4 is 5.32 Å². The zero-order valence-corrected chi connectivity index (χ0v) is 12.9. The molecular formula is C18H16N4O. The molecule has 2 aromatic heterocycles. The summed E-state index contributed by atoms with van der Waals surface area (Å²) < 4.78 is 2.04. The van der Waals surface area contributed by atoms with Gasteiger partial charge in [-0.15, -0.1) is 0 Å². The van der Waals surface area contributed by atoms with Crippen LogP contribution in [0, 0.1) is 6.92 Å². The maximum atomic E-state index is 12.8. The molecule has 2 aromatic carbocycles. The van der Waals surface area contributed by atoms with Crippen LogP contribution in [0.3, 0.4) is 0 Å². The fourth-order valence-electron chi connectivity index (χ4n) is 3.02. The van der Waals surface area contributed by atoms with Gasteiger partial charge in [-0.2, -0.15) is 5.10 Å². The second kappa shape index (κ2) is 4.98. The lowest BCUT2D eigenvalue weighted by atomic mass is 10.1. The highest BCUT2D eigenvalue weighted by Crippen LogP contribution is 2.26. The Morgan fingerprint density at radius 3 is 2.91 bits per heavy atom. The first kappa shape index (κ1) is 13.6. The number of nitrogens with one attached hydrogen (secondary N) is 2. The topological polar surface area (TPSA) is 62.7 Å². The summed E-state index contributed by atoms with van der Waals surface area (Å²) in [4.78, 5) is 12.8. The Hall–Kier alpha value is -3.08. The smallest absolute Gasteiger partial charge is 0.258 e. The highest BCUT2D eigenvalue weighted by molar-refractivity contribution is 6.14. The average molecular weight is 304 g/mol. The van der Waals surface area contributed by atoms with Crippen molar-refractivity contribution in [2.45, 2.75) is 6.92 Å². The predicted molar refractivity (Wildman–Crippen MR) is 91.7 cm³/mol. The van der Waals surface area contributed by atoms with E-state index < -0.39 is 0 Å². The molecule has 0 aliphatic rings. The molecule has 114 valence electrons. The molecule has 0 spiro atoms. The van der Waals surface area contributed by atoms with Gasteiger partial charge in [0.2, 0.25) is 0 Å². The molecule has 0 aliphatic heterocycles. The van der Waals surface area contributed by atoms with Gasteiger partial charge in [-0.05, 0) is 31.2 Å². The van der Waals surface area contributed by atoms with E-state index in [2.05, 4.69) is 15.5 Å². The van der Waals surface area contributed by atoms with E-state index in [0.29, 0.717) is 5.56 Å². The number of carbonyl (C=O) groups excluding carboxylic acids is 1. The fourth-order valence-corrected chi connectivity index (χ4v) is 3.02. The lowest BCUT2D eigenvalue weighted by Gasteiger charge is -2.06. The van der Waals surface area contributed by atoms with Gasteiger partial charge in [-0.3, -0.25) is 9.89 Å². The normalized spacial score (nSPS) is 11.2. The van der Waals surface area contributed by atoms with E-state index in [9.17, 15) is 4.79 Å². The third kappa shape index (κ3) is 2.09. The van der Waals surface area contributed by atoms with Crippen LogP contribution in [0.4, 0.5) is 5.69 Å². The first-order chi connectivity index (χ1) is 11.1. The Balaban J connectivity index is 1.76. The van der Waals surface area contributed by atoms with Crippen LogP contribution in [-0.4, -0.2) is 20.7 Å².